The third-order valence-electron chi connectivity index (χ3n) is 8.73. The number of aromatic amines is 1. The van der Waals surface area contributed by atoms with Crippen molar-refractivity contribution in [2.45, 2.75) is 10.6 Å². The average Bonchev–Trinajstić information content (AvgIpc) is 3.83. The number of imidazole rings is 3. The fraction of sp³-hybridized carbons (Fsp3) is 0.235. The minimum atomic E-state index is 0.566. The summed E-state index contributed by atoms with van der Waals surface area (Å²) in [7, 11) is 8.37. The van der Waals surface area contributed by atoms with Gasteiger partial charge in [-0.05, 0) is 0 Å². The van der Waals surface area contributed by atoms with Gasteiger partial charge in [-0.3, -0.25) is 0 Å². The van der Waals surface area contributed by atoms with Gasteiger partial charge < -0.3 is 0 Å². The molecule has 0 amide bonds. The number of quaternary nitrogens is 1. The Labute approximate surface area is 289 Å². The molecule has 0 saturated heterocycles. The van der Waals surface area contributed by atoms with Crippen LogP contribution in [0.2, 0.25) is 10.6 Å². The molecule has 6 heterocycles. The molecule has 1 atom stereocenters. The van der Waals surface area contributed by atoms with Crippen LogP contribution < -0.4 is 24.5 Å². The number of fused-ring (bicyclic) bond motifs is 6. The van der Waals surface area contributed by atoms with E-state index in [0.29, 0.717) is 26.3 Å². The molecule has 14 heteroatoms. The summed E-state index contributed by atoms with van der Waals surface area (Å²) in [6.07, 6.45) is 7.92. The Hall–Kier alpha value is -4.58. The number of hydrogen-bond acceptors (Lipinski definition) is 5. The second-order valence-corrected chi connectivity index (χ2v) is 19.7. The fourth-order valence-corrected chi connectivity index (χ4v) is 12.3. The minimum absolute atomic E-state index is 0.566. The number of aryl methyl sites for hydroxylation is 2. The third kappa shape index (κ3) is 5.26. The van der Waals surface area contributed by atoms with Crippen molar-refractivity contribution in [1.29, 1.82) is 0 Å². The molecule has 5 aromatic heterocycles. The summed E-state index contributed by atoms with van der Waals surface area (Å²) in [5.74, 6) is 3.09. The van der Waals surface area contributed by atoms with Crippen LogP contribution in [0.4, 0.5) is 23.1 Å². The zero-order valence-corrected chi connectivity index (χ0v) is 30.7. The molecule has 0 fully saturated rings. The maximum atomic E-state index is 5.15. The molecule has 1 aliphatic rings. The normalized spacial score (nSPS) is 14.2. The molecular formula is C34H38N12Se2+4. The number of H-pyrrole nitrogens is 1. The van der Waals surface area contributed by atoms with E-state index < -0.39 is 0 Å². The Morgan fingerprint density at radius 3 is 2.38 bits per heavy atom. The first-order valence-corrected chi connectivity index (χ1v) is 22.7. The first-order chi connectivity index (χ1) is 23.5. The molecule has 0 saturated carbocycles. The number of nitrogens with one attached hydrogen (secondary N) is 4. The van der Waals surface area contributed by atoms with Crippen LogP contribution in [0.25, 0.3) is 45.0 Å². The van der Waals surface area contributed by atoms with Gasteiger partial charge in [-0.25, -0.2) is 0 Å². The van der Waals surface area contributed by atoms with Crippen LogP contribution in [0, 0.1) is 0 Å². The van der Waals surface area contributed by atoms with E-state index >= 15 is 0 Å². The summed E-state index contributed by atoms with van der Waals surface area (Å²) in [6, 6.07) is 21.1. The van der Waals surface area contributed by atoms with Crippen molar-refractivity contribution >= 4 is 78.2 Å². The molecule has 242 valence electrons. The van der Waals surface area contributed by atoms with Crippen molar-refractivity contribution in [2.75, 3.05) is 37.8 Å². The van der Waals surface area contributed by atoms with E-state index in [0.717, 1.165) is 91.2 Å². The summed E-state index contributed by atoms with van der Waals surface area (Å²) in [4.78, 5) is 19.1. The zero-order valence-electron chi connectivity index (χ0n) is 27.3. The maximum absolute atomic E-state index is 5.15. The third-order valence-corrected chi connectivity index (χ3v) is 16.1. The van der Waals surface area contributed by atoms with Gasteiger partial charge in [0.2, 0.25) is 0 Å². The average molecular weight is 773 g/mol. The van der Waals surface area contributed by atoms with E-state index in [1.54, 1.807) is 0 Å². The number of aromatic nitrogens is 8. The Morgan fingerprint density at radius 1 is 0.917 bits per heavy atom. The van der Waals surface area contributed by atoms with Gasteiger partial charge in [0.05, 0.1) is 0 Å². The van der Waals surface area contributed by atoms with E-state index in [1.165, 1.54) is 5.56 Å². The number of anilines is 2. The zero-order chi connectivity index (χ0) is 32.8. The number of rotatable bonds is 11. The van der Waals surface area contributed by atoms with Crippen molar-refractivity contribution in [2.24, 2.45) is 14.1 Å². The van der Waals surface area contributed by atoms with Gasteiger partial charge in [-0.1, -0.05) is 0 Å². The topological polar surface area (TPSA) is 103 Å². The monoisotopic (exact) mass is 774 g/mol. The second kappa shape index (κ2) is 12.8. The summed E-state index contributed by atoms with van der Waals surface area (Å²) >= 11 is 1.13. The van der Waals surface area contributed by atoms with Crippen LogP contribution in [0.15, 0.2) is 79.6 Å². The standard InChI is InChI=1S/C34H36N12Se2/c1-41-19-37-29-27(41)34-44(4)26(24-13-9-6-10-14-24)32(46(34)20-38-29)36-16-18-48-47-17-15-35-30-25(23-11-7-5-8-12-23)40-33-28-31(39-21-45(30)33)43(3)22-42(28)2/h5-14,19-22,35-36H,15-18H2,1-4H3/q+2/p+2. The Bertz CT molecular complexity index is 2310. The van der Waals surface area contributed by atoms with Gasteiger partial charge in [-0.2, -0.15) is 0 Å². The number of benzene rings is 2. The van der Waals surface area contributed by atoms with Crippen LogP contribution in [-0.4, -0.2) is 93.3 Å². The Balaban J connectivity index is 0.948. The number of nitrogens with zero attached hydrogens (tertiary/aromatic N) is 8. The molecule has 0 spiro atoms. The molecule has 7 aromatic rings. The molecular weight excluding hydrogens is 734 g/mol. The molecule has 1 unspecified atom stereocenters. The van der Waals surface area contributed by atoms with Gasteiger partial charge in [0.1, 0.15) is 0 Å². The molecule has 4 N–H and O–H groups in total. The Kier molecular flexibility index (Phi) is 8.19. The van der Waals surface area contributed by atoms with E-state index in [9.17, 15) is 0 Å². The van der Waals surface area contributed by atoms with E-state index in [-0.39, 0.29) is 0 Å². The van der Waals surface area contributed by atoms with Crippen LogP contribution in [0.1, 0.15) is 0 Å². The fourth-order valence-electron chi connectivity index (χ4n) is 6.59. The molecule has 8 rings (SSSR count). The van der Waals surface area contributed by atoms with Gasteiger partial charge in [0.25, 0.3) is 0 Å². The summed E-state index contributed by atoms with van der Waals surface area (Å²) in [5, 5.41) is 9.86. The summed E-state index contributed by atoms with van der Waals surface area (Å²) < 4.78 is 10.8. The molecule has 12 nitrogen and oxygen atoms in total. The van der Waals surface area contributed by atoms with Crippen LogP contribution in [0.3, 0.4) is 0 Å². The molecule has 2 aromatic carbocycles. The van der Waals surface area contributed by atoms with Crippen molar-refractivity contribution in [3.8, 4) is 22.5 Å². The van der Waals surface area contributed by atoms with Gasteiger partial charge >= 0.3 is 290 Å². The molecule has 1 aliphatic heterocycles. The molecule has 48 heavy (non-hydrogen) atoms. The SMILES string of the molecule is Cn1c(-c2ccccc2)c(NCC[Se][Se]CCNc2c(-c3ccccc3)nc3c4c(ncn23)[NH+](C)C=[N+]4C)[n+]2cnc3[nH]c[n+](C)c3c12. The quantitative estimate of drug-likeness (QED) is 0.0917. The molecule has 0 radical (unpaired) electrons. The van der Waals surface area contributed by atoms with Gasteiger partial charge in [0.15, 0.2) is 0 Å². The van der Waals surface area contributed by atoms with E-state index in [4.69, 9.17) is 15.0 Å². The van der Waals surface area contributed by atoms with E-state index in [1.807, 2.05) is 25.0 Å². The Morgan fingerprint density at radius 2 is 1.62 bits per heavy atom. The predicted molar refractivity (Wildman–Crippen MR) is 190 cm³/mol. The number of hydrogen-bond donors (Lipinski definition) is 4. The molecule has 0 aliphatic carbocycles. The second-order valence-electron chi connectivity index (χ2n) is 11.9. The van der Waals surface area contributed by atoms with Gasteiger partial charge in [0, 0.05) is 0 Å². The first-order valence-electron chi connectivity index (χ1n) is 15.9. The van der Waals surface area contributed by atoms with Crippen molar-refractivity contribution in [3.05, 3.63) is 79.6 Å². The van der Waals surface area contributed by atoms with Gasteiger partial charge in [-0.15, -0.1) is 0 Å². The first kappa shape index (κ1) is 30.7. The van der Waals surface area contributed by atoms with Crippen LogP contribution in [-0.2, 0) is 14.1 Å². The van der Waals surface area contributed by atoms with Crippen molar-refractivity contribution in [1.82, 2.24) is 28.9 Å². The van der Waals surface area contributed by atoms with Crippen molar-refractivity contribution in [3.63, 3.8) is 0 Å². The summed E-state index contributed by atoms with van der Waals surface area (Å²) in [5.41, 5.74) is 9.45. The predicted octanol–water partition coefficient (Wildman–Crippen LogP) is 1.99. The summed E-state index contributed by atoms with van der Waals surface area (Å²) in [6.45, 7) is 1.82. The van der Waals surface area contributed by atoms with Crippen molar-refractivity contribution < 1.29 is 18.4 Å². The molecule has 0 bridgehead atoms. The van der Waals surface area contributed by atoms with Crippen LogP contribution in [0.5, 0.6) is 0 Å². The van der Waals surface area contributed by atoms with E-state index in [2.05, 4.69) is 127 Å². The van der Waals surface area contributed by atoms with Crippen LogP contribution >= 0.6 is 0 Å².